The summed E-state index contributed by atoms with van der Waals surface area (Å²) in [4.78, 5) is 26.0. The van der Waals surface area contributed by atoms with Crippen LogP contribution in [-0.4, -0.2) is 52.6 Å². The van der Waals surface area contributed by atoms with Crippen LogP contribution in [0.25, 0.3) is 0 Å². The lowest BCUT2D eigenvalue weighted by Crippen LogP contribution is -2.49. The van der Waals surface area contributed by atoms with E-state index in [2.05, 4.69) is 15.5 Å². The van der Waals surface area contributed by atoms with Gasteiger partial charge in [-0.2, -0.15) is 5.10 Å². The normalized spacial score (nSPS) is 17.7. The number of carbonyl (C=O) groups excluding carboxylic acids is 2. The number of likely N-dealkylation sites (tertiary alicyclic amines) is 1. The number of aromatic amines is 1. The Hall–Kier alpha value is -1.60. The number of hydrogen-bond acceptors (Lipinski definition) is 4. The molecule has 1 saturated heterocycles. The Balaban J connectivity index is 0.00000242. The van der Waals surface area contributed by atoms with Gasteiger partial charge in [-0.15, -0.1) is 12.4 Å². The van der Waals surface area contributed by atoms with Crippen LogP contribution in [0.5, 0.6) is 0 Å². The van der Waals surface area contributed by atoms with Gasteiger partial charge >= 0.3 is 0 Å². The van der Waals surface area contributed by atoms with Crippen molar-refractivity contribution in [3.05, 3.63) is 17.5 Å². The summed E-state index contributed by atoms with van der Waals surface area (Å²) in [5.74, 6) is -0.0750. The van der Waals surface area contributed by atoms with Crippen LogP contribution in [0, 0.1) is 6.92 Å². The number of amides is 2. The number of nitrogens with two attached hydrogens (primary N) is 1. The molecule has 124 valence electrons. The maximum atomic E-state index is 12.6. The molecular weight excluding hydrogens is 306 g/mol. The van der Waals surface area contributed by atoms with Gasteiger partial charge in [-0.1, -0.05) is 0 Å². The summed E-state index contributed by atoms with van der Waals surface area (Å²) in [5, 5.41) is 9.56. The van der Waals surface area contributed by atoms with Crippen molar-refractivity contribution in [2.75, 3.05) is 19.6 Å². The molecule has 1 aliphatic rings. The number of H-pyrrole nitrogens is 1. The second kappa shape index (κ2) is 8.75. The molecule has 22 heavy (non-hydrogen) atoms. The molecule has 0 aromatic carbocycles. The zero-order chi connectivity index (χ0) is 15.2. The Morgan fingerprint density at radius 1 is 1.50 bits per heavy atom. The number of nitrogens with zero attached hydrogens (tertiary/aromatic N) is 2. The number of rotatable bonds is 5. The van der Waals surface area contributed by atoms with Gasteiger partial charge < -0.3 is 16.0 Å². The number of aromatic nitrogens is 2. The number of carbonyl (C=O) groups is 2. The fourth-order valence-electron chi connectivity index (χ4n) is 2.65. The first-order valence-corrected chi connectivity index (χ1v) is 7.41. The Kier molecular flexibility index (Phi) is 7.34. The van der Waals surface area contributed by atoms with Gasteiger partial charge in [-0.3, -0.25) is 14.7 Å². The first-order chi connectivity index (χ1) is 10.1. The van der Waals surface area contributed by atoms with Gasteiger partial charge in [-0.05, 0) is 26.2 Å². The van der Waals surface area contributed by atoms with E-state index in [-0.39, 0.29) is 30.3 Å². The fraction of sp³-hybridized carbons (Fsp3) is 0.643. The molecule has 2 heterocycles. The second-order valence-corrected chi connectivity index (χ2v) is 5.40. The van der Waals surface area contributed by atoms with E-state index in [1.807, 2.05) is 11.8 Å². The lowest BCUT2D eigenvalue weighted by molar-refractivity contribution is -0.121. The maximum Gasteiger partial charge on any atom is 0.257 e. The van der Waals surface area contributed by atoms with Crippen molar-refractivity contribution in [1.82, 2.24) is 20.4 Å². The summed E-state index contributed by atoms with van der Waals surface area (Å²) >= 11 is 0. The number of hydrogen-bond donors (Lipinski definition) is 3. The highest BCUT2D eigenvalue weighted by atomic mass is 35.5. The summed E-state index contributed by atoms with van der Waals surface area (Å²) in [5.41, 5.74) is 6.74. The molecule has 1 unspecified atom stereocenters. The summed E-state index contributed by atoms with van der Waals surface area (Å²) in [6, 6.07) is 0.0438. The molecule has 1 aromatic heterocycles. The molecule has 8 heteroatoms. The number of nitrogens with one attached hydrogen (secondary N) is 2. The molecule has 7 nitrogen and oxygen atoms in total. The van der Waals surface area contributed by atoms with Crippen LogP contribution < -0.4 is 11.1 Å². The van der Waals surface area contributed by atoms with E-state index < -0.39 is 0 Å². The summed E-state index contributed by atoms with van der Waals surface area (Å²) < 4.78 is 0. The molecule has 1 atom stereocenters. The molecule has 0 spiro atoms. The van der Waals surface area contributed by atoms with Gasteiger partial charge in [0.1, 0.15) is 0 Å². The van der Waals surface area contributed by atoms with E-state index in [0.29, 0.717) is 25.1 Å². The zero-order valence-corrected chi connectivity index (χ0v) is 13.6. The third-order valence-corrected chi connectivity index (χ3v) is 3.85. The lowest BCUT2D eigenvalue weighted by atomic mass is 10.0. The maximum absolute atomic E-state index is 12.6. The molecule has 2 amide bonds. The van der Waals surface area contributed by atoms with Crippen LogP contribution in [0.4, 0.5) is 0 Å². The van der Waals surface area contributed by atoms with Gasteiger partial charge in [0.05, 0.1) is 11.8 Å². The highest BCUT2D eigenvalue weighted by Gasteiger charge is 2.28. The molecule has 2 rings (SSSR count). The monoisotopic (exact) mass is 329 g/mol. The number of piperidine rings is 1. The van der Waals surface area contributed by atoms with E-state index in [9.17, 15) is 9.59 Å². The number of halogens is 1. The quantitative estimate of drug-likeness (QED) is 0.735. The minimum absolute atomic E-state index is 0. The third-order valence-electron chi connectivity index (χ3n) is 3.85. The SMILES string of the molecule is Cc1[nH]ncc1C(=O)N1CCCCC1CNC(=O)CCN.Cl. The largest absolute Gasteiger partial charge is 0.354 e. The molecule has 1 fully saturated rings. The Morgan fingerprint density at radius 2 is 2.27 bits per heavy atom. The van der Waals surface area contributed by atoms with Crippen molar-refractivity contribution in [3.8, 4) is 0 Å². The van der Waals surface area contributed by atoms with Gasteiger partial charge in [-0.25, -0.2) is 0 Å². The number of aryl methyl sites for hydroxylation is 1. The average Bonchev–Trinajstić information content (AvgIpc) is 2.91. The van der Waals surface area contributed by atoms with Gasteiger partial charge in [0, 0.05) is 37.8 Å². The van der Waals surface area contributed by atoms with Crippen molar-refractivity contribution < 1.29 is 9.59 Å². The van der Waals surface area contributed by atoms with Crippen molar-refractivity contribution in [3.63, 3.8) is 0 Å². The standard InChI is InChI=1S/C14H23N5O2.ClH/c1-10-12(9-17-18-10)14(21)19-7-3-2-4-11(19)8-16-13(20)5-6-15;/h9,11H,2-8,15H2,1H3,(H,16,20)(H,17,18);1H. The van der Waals surface area contributed by atoms with E-state index in [1.165, 1.54) is 0 Å². The molecule has 1 aromatic rings. The molecule has 1 aliphatic heterocycles. The van der Waals surface area contributed by atoms with Gasteiger partial charge in [0.25, 0.3) is 5.91 Å². The second-order valence-electron chi connectivity index (χ2n) is 5.40. The first-order valence-electron chi connectivity index (χ1n) is 7.41. The van der Waals surface area contributed by atoms with Gasteiger partial charge in [0.15, 0.2) is 0 Å². The predicted molar refractivity (Wildman–Crippen MR) is 85.9 cm³/mol. The third kappa shape index (κ3) is 4.45. The minimum Gasteiger partial charge on any atom is -0.354 e. The Labute approximate surface area is 136 Å². The van der Waals surface area contributed by atoms with Crippen LogP contribution in [0.1, 0.15) is 41.7 Å². The molecule has 0 radical (unpaired) electrons. The van der Waals surface area contributed by atoms with Gasteiger partial charge in [0.2, 0.25) is 5.91 Å². The fourth-order valence-corrected chi connectivity index (χ4v) is 2.65. The molecular formula is C14H24ClN5O2. The van der Waals surface area contributed by atoms with Crippen LogP contribution in [0.15, 0.2) is 6.20 Å². The Bertz CT molecular complexity index is 505. The average molecular weight is 330 g/mol. The minimum atomic E-state index is -0.0602. The van der Waals surface area contributed by atoms with Crippen molar-refractivity contribution in [1.29, 1.82) is 0 Å². The first kappa shape index (κ1) is 18.4. The molecule has 4 N–H and O–H groups in total. The van der Waals surface area contributed by atoms with Crippen LogP contribution in [0.3, 0.4) is 0 Å². The van der Waals surface area contributed by atoms with E-state index in [0.717, 1.165) is 31.5 Å². The van der Waals surface area contributed by atoms with Crippen LogP contribution in [0.2, 0.25) is 0 Å². The Morgan fingerprint density at radius 3 is 2.91 bits per heavy atom. The zero-order valence-electron chi connectivity index (χ0n) is 12.8. The molecule has 0 aliphatic carbocycles. The topological polar surface area (TPSA) is 104 Å². The van der Waals surface area contributed by atoms with E-state index in [1.54, 1.807) is 6.20 Å². The molecule has 0 saturated carbocycles. The highest BCUT2D eigenvalue weighted by molar-refractivity contribution is 5.95. The van der Waals surface area contributed by atoms with Crippen molar-refractivity contribution in [2.24, 2.45) is 5.73 Å². The van der Waals surface area contributed by atoms with E-state index >= 15 is 0 Å². The summed E-state index contributed by atoms with van der Waals surface area (Å²) in [6.45, 7) is 3.39. The van der Waals surface area contributed by atoms with Crippen molar-refractivity contribution >= 4 is 24.2 Å². The predicted octanol–water partition coefficient (Wildman–Crippen LogP) is 0.600. The van der Waals surface area contributed by atoms with Crippen LogP contribution in [-0.2, 0) is 4.79 Å². The van der Waals surface area contributed by atoms with E-state index in [4.69, 9.17) is 5.73 Å². The van der Waals surface area contributed by atoms with Crippen LogP contribution >= 0.6 is 12.4 Å². The van der Waals surface area contributed by atoms with Crippen molar-refractivity contribution in [2.45, 2.75) is 38.6 Å². The summed E-state index contributed by atoms with van der Waals surface area (Å²) in [7, 11) is 0. The highest BCUT2D eigenvalue weighted by Crippen LogP contribution is 2.20. The lowest BCUT2D eigenvalue weighted by Gasteiger charge is -2.35. The summed E-state index contributed by atoms with van der Waals surface area (Å²) in [6.07, 6.45) is 4.87. The molecule has 0 bridgehead atoms. The smallest absolute Gasteiger partial charge is 0.257 e.